The molecule has 0 fully saturated rings. The smallest absolute Gasteiger partial charge is 0.243 e. The molecular formula is C19H21NO4S. The summed E-state index contributed by atoms with van der Waals surface area (Å²) in [7, 11) is -3.53. The first kappa shape index (κ1) is 18.9. The third-order valence-corrected chi connectivity index (χ3v) is 5.84. The highest BCUT2D eigenvalue weighted by Crippen LogP contribution is 2.17. The Morgan fingerprint density at radius 2 is 1.72 bits per heavy atom. The van der Waals surface area contributed by atoms with Gasteiger partial charge in [-0.3, -0.25) is 4.79 Å². The second kappa shape index (κ2) is 8.09. The highest BCUT2D eigenvalue weighted by molar-refractivity contribution is 7.89. The van der Waals surface area contributed by atoms with Crippen LogP contribution in [0.5, 0.6) is 5.75 Å². The van der Waals surface area contributed by atoms with E-state index in [0.29, 0.717) is 24.2 Å². The van der Waals surface area contributed by atoms with Gasteiger partial charge in [-0.15, -0.1) is 0 Å². The number of sulfonamides is 1. The zero-order valence-electron chi connectivity index (χ0n) is 14.2. The number of aromatic hydroxyl groups is 1. The Kier molecular flexibility index (Phi) is 6.12. The highest BCUT2D eigenvalue weighted by Gasteiger charge is 2.21. The van der Waals surface area contributed by atoms with Crippen molar-refractivity contribution >= 4 is 21.9 Å². The summed E-state index contributed by atoms with van der Waals surface area (Å²) in [5, 5.41) is 9.41. The van der Waals surface area contributed by atoms with E-state index in [1.807, 2.05) is 0 Å². The van der Waals surface area contributed by atoms with Gasteiger partial charge in [0.1, 0.15) is 5.75 Å². The summed E-state index contributed by atoms with van der Waals surface area (Å²) in [5.41, 5.74) is 1.10. The number of ketones is 1. The Morgan fingerprint density at radius 3 is 2.28 bits per heavy atom. The van der Waals surface area contributed by atoms with Crippen molar-refractivity contribution < 1.29 is 18.3 Å². The van der Waals surface area contributed by atoms with Crippen molar-refractivity contribution in [1.29, 1.82) is 0 Å². The van der Waals surface area contributed by atoms with Gasteiger partial charge < -0.3 is 5.11 Å². The maximum absolute atomic E-state index is 12.4. The third-order valence-electron chi connectivity index (χ3n) is 3.78. The fourth-order valence-corrected chi connectivity index (χ4v) is 3.86. The molecule has 0 radical (unpaired) electrons. The largest absolute Gasteiger partial charge is 0.508 e. The lowest BCUT2D eigenvalue weighted by molar-refractivity contribution is 0.104. The van der Waals surface area contributed by atoms with E-state index in [0.717, 1.165) is 0 Å². The van der Waals surface area contributed by atoms with Gasteiger partial charge in [0.2, 0.25) is 10.0 Å². The van der Waals surface area contributed by atoms with Gasteiger partial charge in [-0.05, 0) is 48.0 Å². The van der Waals surface area contributed by atoms with E-state index in [4.69, 9.17) is 0 Å². The molecule has 1 N–H and O–H groups in total. The molecular weight excluding hydrogens is 338 g/mol. The summed E-state index contributed by atoms with van der Waals surface area (Å²) >= 11 is 0. The molecule has 0 bridgehead atoms. The molecule has 25 heavy (non-hydrogen) atoms. The quantitative estimate of drug-likeness (QED) is 0.608. The van der Waals surface area contributed by atoms with Crippen LogP contribution in [0.3, 0.4) is 0 Å². The van der Waals surface area contributed by atoms with Crippen LogP contribution in [0.2, 0.25) is 0 Å². The van der Waals surface area contributed by atoms with Crippen molar-refractivity contribution in [3.8, 4) is 5.75 Å². The Hall–Kier alpha value is -2.44. The van der Waals surface area contributed by atoms with Gasteiger partial charge in [-0.1, -0.05) is 32.1 Å². The maximum atomic E-state index is 12.4. The molecule has 0 aliphatic heterocycles. The second-order valence-corrected chi connectivity index (χ2v) is 7.34. The maximum Gasteiger partial charge on any atom is 0.243 e. The van der Waals surface area contributed by atoms with E-state index < -0.39 is 10.0 Å². The van der Waals surface area contributed by atoms with Crippen molar-refractivity contribution in [2.45, 2.75) is 18.7 Å². The number of nitrogens with zero attached hydrogens (tertiary/aromatic N) is 1. The minimum Gasteiger partial charge on any atom is -0.508 e. The van der Waals surface area contributed by atoms with Crippen LogP contribution in [-0.4, -0.2) is 36.7 Å². The van der Waals surface area contributed by atoms with Crippen LogP contribution in [0.15, 0.2) is 59.5 Å². The molecule has 0 atom stereocenters. The standard InChI is InChI=1S/C19H21NO4S/c1-3-20(4-2)25(23,24)18-11-9-16(10-12-18)19(22)13-8-15-6-5-7-17(21)14-15/h5-14,21H,3-4H2,1-2H3/b13-8+. The van der Waals surface area contributed by atoms with Crippen LogP contribution in [0.25, 0.3) is 6.08 Å². The number of benzene rings is 2. The summed E-state index contributed by atoms with van der Waals surface area (Å²) in [6, 6.07) is 12.5. The lowest BCUT2D eigenvalue weighted by Gasteiger charge is -2.18. The zero-order valence-corrected chi connectivity index (χ0v) is 15.0. The van der Waals surface area contributed by atoms with Gasteiger partial charge in [0.25, 0.3) is 0 Å². The minimum atomic E-state index is -3.53. The molecule has 0 spiro atoms. The number of phenolic OH excluding ortho intramolecular Hbond substituents is 1. The number of carbonyl (C=O) groups excluding carboxylic acids is 1. The SMILES string of the molecule is CCN(CC)S(=O)(=O)c1ccc(C(=O)/C=C/c2cccc(O)c2)cc1. The molecule has 0 saturated carbocycles. The molecule has 6 heteroatoms. The average molecular weight is 359 g/mol. The van der Waals surface area contributed by atoms with E-state index in [1.165, 1.54) is 34.6 Å². The number of carbonyl (C=O) groups is 1. The first-order valence-electron chi connectivity index (χ1n) is 8.00. The fourth-order valence-electron chi connectivity index (χ4n) is 2.40. The Balaban J connectivity index is 2.18. The van der Waals surface area contributed by atoms with Gasteiger partial charge in [-0.25, -0.2) is 8.42 Å². The molecule has 5 nitrogen and oxygen atoms in total. The van der Waals surface area contributed by atoms with Crippen molar-refractivity contribution in [3.05, 3.63) is 65.7 Å². The number of phenols is 1. The normalized spacial score (nSPS) is 12.0. The Labute approximate surface area is 148 Å². The lowest BCUT2D eigenvalue weighted by Crippen LogP contribution is -2.30. The molecule has 0 heterocycles. The first-order valence-corrected chi connectivity index (χ1v) is 9.44. The van der Waals surface area contributed by atoms with E-state index in [9.17, 15) is 18.3 Å². The summed E-state index contributed by atoms with van der Waals surface area (Å²) in [4.78, 5) is 12.4. The molecule has 132 valence electrons. The second-order valence-electron chi connectivity index (χ2n) is 5.41. The van der Waals surface area contributed by atoms with E-state index in [-0.39, 0.29) is 16.4 Å². The molecule has 2 rings (SSSR count). The summed E-state index contributed by atoms with van der Waals surface area (Å²) in [6.07, 6.45) is 2.99. The van der Waals surface area contributed by atoms with Crippen LogP contribution in [0.4, 0.5) is 0 Å². The van der Waals surface area contributed by atoms with Crippen LogP contribution in [-0.2, 0) is 10.0 Å². The van der Waals surface area contributed by atoms with Gasteiger partial charge in [-0.2, -0.15) is 4.31 Å². The predicted molar refractivity (Wildman–Crippen MR) is 98.0 cm³/mol. The summed E-state index contributed by atoms with van der Waals surface area (Å²) in [6.45, 7) is 4.36. The number of hydrogen-bond acceptors (Lipinski definition) is 4. The van der Waals surface area contributed by atoms with Gasteiger partial charge in [0.15, 0.2) is 5.78 Å². The first-order chi connectivity index (χ1) is 11.9. The van der Waals surface area contributed by atoms with Gasteiger partial charge in [0.05, 0.1) is 4.90 Å². The number of allylic oxidation sites excluding steroid dienone is 1. The lowest BCUT2D eigenvalue weighted by atomic mass is 10.1. The summed E-state index contributed by atoms with van der Waals surface area (Å²) < 4.78 is 26.2. The van der Waals surface area contributed by atoms with Crippen LogP contribution in [0, 0.1) is 0 Å². The van der Waals surface area contributed by atoms with Crippen molar-refractivity contribution in [2.75, 3.05) is 13.1 Å². The van der Waals surface area contributed by atoms with E-state index in [1.54, 1.807) is 44.2 Å². The van der Waals surface area contributed by atoms with Crippen molar-refractivity contribution in [3.63, 3.8) is 0 Å². The van der Waals surface area contributed by atoms with Crippen LogP contribution < -0.4 is 0 Å². The van der Waals surface area contributed by atoms with E-state index >= 15 is 0 Å². The molecule has 0 aliphatic carbocycles. The monoisotopic (exact) mass is 359 g/mol. The average Bonchev–Trinajstić information content (AvgIpc) is 2.60. The van der Waals surface area contributed by atoms with Gasteiger partial charge >= 0.3 is 0 Å². The molecule has 0 aliphatic rings. The topological polar surface area (TPSA) is 74.7 Å². The molecule has 0 aromatic heterocycles. The Morgan fingerprint density at radius 1 is 1.08 bits per heavy atom. The number of hydrogen-bond donors (Lipinski definition) is 1. The predicted octanol–water partition coefficient (Wildman–Crippen LogP) is 3.32. The van der Waals surface area contributed by atoms with Crippen molar-refractivity contribution in [2.24, 2.45) is 0 Å². The fraction of sp³-hybridized carbons (Fsp3) is 0.211. The molecule has 2 aromatic carbocycles. The summed E-state index contributed by atoms with van der Waals surface area (Å²) in [5.74, 6) is -0.115. The highest BCUT2D eigenvalue weighted by atomic mass is 32.2. The molecule has 0 amide bonds. The molecule has 0 unspecified atom stereocenters. The van der Waals surface area contributed by atoms with Gasteiger partial charge in [0, 0.05) is 18.7 Å². The molecule has 0 saturated heterocycles. The third kappa shape index (κ3) is 4.55. The van der Waals surface area contributed by atoms with Crippen LogP contribution in [0.1, 0.15) is 29.8 Å². The molecule has 2 aromatic rings. The van der Waals surface area contributed by atoms with Crippen molar-refractivity contribution in [1.82, 2.24) is 4.31 Å². The Bertz CT molecular complexity index is 867. The minimum absolute atomic E-state index is 0.126. The van der Waals surface area contributed by atoms with E-state index in [2.05, 4.69) is 0 Å². The number of rotatable bonds is 7. The zero-order chi connectivity index (χ0) is 18.4. The van der Waals surface area contributed by atoms with Crippen LogP contribution >= 0.6 is 0 Å².